The standard InChI is InChI=1S/C14H20BrN/c1-10-7-13(8-11(2)14(10)15)16-9-12-5-3-4-6-12/h7-8,12,16H,3-6,9H2,1-2H3. The summed E-state index contributed by atoms with van der Waals surface area (Å²) in [4.78, 5) is 0. The summed E-state index contributed by atoms with van der Waals surface area (Å²) in [5.41, 5.74) is 3.90. The van der Waals surface area contributed by atoms with E-state index in [4.69, 9.17) is 0 Å². The van der Waals surface area contributed by atoms with Gasteiger partial charge in [0.2, 0.25) is 0 Å². The Labute approximate surface area is 107 Å². The highest BCUT2D eigenvalue weighted by molar-refractivity contribution is 9.10. The first kappa shape index (κ1) is 12.0. The maximum atomic E-state index is 3.60. The molecule has 1 saturated carbocycles. The molecule has 0 aliphatic heterocycles. The van der Waals surface area contributed by atoms with Crippen LogP contribution in [0.5, 0.6) is 0 Å². The van der Waals surface area contributed by atoms with Gasteiger partial charge in [-0.15, -0.1) is 0 Å². The predicted octanol–water partition coefficient (Wildman–Crippen LogP) is 4.67. The largest absolute Gasteiger partial charge is 0.385 e. The van der Waals surface area contributed by atoms with Gasteiger partial charge in [-0.3, -0.25) is 0 Å². The molecular formula is C14H20BrN. The van der Waals surface area contributed by atoms with Gasteiger partial charge in [-0.25, -0.2) is 0 Å². The Kier molecular flexibility index (Phi) is 3.91. The van der Waals surface area contributed by atoms with E-state index in [2.05, 4.69) is 47.2 Å². The van der Waals surface area contributed by atoms with Crippen molar-refractivity contribution in [2.75, 3.05) is 11.9 Å². The fourth-order valence-electron chi connectivity index (χ4n) is 2.52. The van der Waals surface area contributed by atoms with Crippen LogP contribution < -0.4 is 5.32 Å². The van der Waals surface area contributed by atoms with E-state index in [1.807, 2.05) is 0 Å². The van der Waals surface area contributed by atoms with Crippen LogP contribution in [0.4, 0.5) is 5.69 Å². The van der Waals surface area contributed by atoms with Crippen molar-refractivity contribution >= 4 is 21.6 Å². The van der Waals surface area contributed by atoms with Crippen LogP contribution in [0.3, 0.4) is 0 Å². The minimum atomic E-state index is 0.893. The van der Waals surface area contributed by atoms with E-state index in [1.165, 1.54) is 47.0 Å². The van der Waals surface area contributed by atoms with Crippen molar-refractivity contribution in [2.24, 2.45) is 5.92 Å². The molecule has 2 heteroatoms. The fourth-order valence-corrected chi connectivity index (χ4v) is 2.75. The topological polar surface area (TPSA) is 12.0 Å². The van der Waals surface area contributed by atoms with Crippen LogP contribution in [-0.2, 0) is 0 Å². The van der Waals surface area contributed by atoms with E-state index >= 15 is 0 Å². The third-order valence-corrected chi connectivity index (χ3v) is 4.76. The second kappa shape index (κ2) is 5.22. The maximum absolute atomic E-state index is 3.60. The molecule has 0 unspecified atom stereocenters. The molecule has 1 aliphatic rings. The second-order valence-corrected chi connectivity index (χ2v) is 5.75. The zero-order valence-corrected chi connectivity index (χ0v) is 11.7. The highest BCUT2D eigenvalue weighted by Gasteiger charge is 2.14. The van der Waals surface area contributed by atoms with E-state index in [0.717, 1.165) is 12.5 Å². The summed E-state index contributed by atoms with van der Waals surface area (Å²) in [5.74, 6) is 0.893. The van der Waals surface area contributed by atoms with Crippen LogP contribution in [0, 0.1) is 19.8 Å². The fraction of sp³-hybridized carbons (Fsp3) is 0.571. The van der Waals surface area contributed by atoms with Gasteiger partial charge in [0.15, 0.2) is 0 Å². The quantitative estimate of drug-likeness (QED) is 0.849. The lowest BCUT2D eigenvalue weighted by Crippen LogP contribution is -2.11. The number of aryl methyl sites for hydroxylation is 2. The van der Waals surface area contributed by atoms with Crippen LogP contribution >= 0.6 is 15.9 Å². The molecule has 0 saturated heterocycles. The number of hydrogen-bond acceptors (Lipinski definition) is 1. The maximum Gasteiger partial charge on any atom is 0.0346 e. The van der Waals surface area contributed by atoms with Crippen LogP contribution in [0.15, 0.2) is 16.6 Å². The SMILES string of the molecule is Cc1cc(NCC2CCCC2)cc(C)c1Br. The van der Waals surface area contributed by atoms with E-state index in [9.17, 15) is 0 Å². The highest BCUT2D eigenvalue weighted by atomic mass is 79.9. The second-order valence-electron chi connectivity index (χ2n) is 4.96. The first-order valence-corrected chi connectivity index (χ1v) is 6.96. The van der Waals surface area contributed by atoms with Crippen LogP contribution in [0.1, 0.15) is 36.8 Å². The van der Waals surface area contributed by atoms with E-state index in [0.29, 0.717) is 0 Å². The molecule has 1 aromatic rings. The molecule has 0 aromatic heterocycles. The van der Waals surface area contributed by atoms with Crippen LogP contribution in [0.2, 0.25) is 0 Å². The van der Waals surface area contributed by atoms with Gasteiger partial charge in [0.25, 0.3) is 0 Å². The molecule has 0 radical (unpaired) electrons. The summed E-state index contributed by atoms with van der Waals surface area (Å²) < 4.78 is 1.24. The monoisotopic (exact) mass is 281 g/mol. The number of halogens is 1. The Hall–Kier alpha value is -0.500. The minimum Gasteiger partial charge on any atom is -0.385 e. The Morgan fingerprint density at radius 2 is 1.75 bits per heavy atom. The number of anilines is 1. The molecule has 1 nitrogen and oxygen atoms in total. The summed E-state index contributed by atoms with van der Waals surface area (Å²) in [6.07, 6.45) is 5.65. The van der Waals surface area contributed by atoms with Gasteiger partial charge < -0.3 is 5.32 Å². The molecule has 0 bridgehead atoms. The summed E-state index contributed by atoms with van der Waals surface area (Å²) in [5, 5.41) is 3.57. The molecule has 16 heavy (non-hydrogen) atoms. The van der Waals surface area contributed by atoms with E-state index in [-0.39, 0.29) is 0 Å². The van der Waals surface area contributed by atoms with Gasteiger partial charge in [0.05, 0.1) is 0 Å². The summed E-state index contributed by atoms with van der Waals surface area (Å²) >= 11 is 3.60. The van der Waals surface area contributed by atoms with Gasteiger partial charge in [-0.1, -0.05) is 28.8 Å². The van der Waals surface area contributed by atoms with Crippen molar-refractivity contribution in [1.82, 2.24) is 0 Å². The van der Waals surface area contributed by atoms with Crippen molar-refractivity contribution in [1.29, 1.82) is 0 Å². The number of nitrogens with one attached hydrogen (secondary N) is 1. The lowest BCUT2D eigenvalue weighted by atomic mass is 10.1. The molecule has 1 N–H and O–H groups in total. The predicted molar refractivity (Wildman–Crippen MR) is 74.1 cm³/mol. The Bertz CT molecular complexity index is 344. The summed E-state index contributed by atoms with van der Waals surface area (Å²) in [7, 11) is 0. The van der Waals surface area contributed by atoms with Crippen molar-refractivity contribution in [3.05, 3.63) is 27.7 Å². The average molecular weight is 282 g/mol. The Morgan fingerprint density at radius 3 is 2.31 bits per heavy atom. The van der Waals surface area contributed by atoms with Crippen molar-refractivity contribution in [2.45, 2.75) is 39.5 Å². The lowest BCUT2D eigenvalue weighted by molar-refractivity contribution is 0.580. The van der Waals surface area contributed by atoms with Gasteiger partial charge in [0.1, 0.15) is 0 Å². The molecule has 1 aromatic carbocycles. The Morgan fingerprint density at radius 1 is 1.19 bits per heavy atom. The smallest absolute Gasteiger partial charge is 0.0346 e. The van der Waals surface area contributed by atoms with Gasteiger partial charge in [0, 0.05) is 16.7 Å². The third-order valence-electron chi connectivity index (χ3n) is 3.51. The summed E-state index contributed by atoms with van der Waals surface area (Å²) in [6, 6.07) is 4.46. The molecule has 2 rings (SSSR count). The first-order valence-electron chi connectivity index (χ1n) is 6.17. The number of benzene rings is 1. The number of hydrogen-bond donors (Lipinski definition) is 1. The zero-order valence-electron chi connectivity index (χ0n) is 10.1. The van der Waals surface area contributed by atoms with Gasteiger partial charge in [-0.05, 0) is 55.9 Å². The molecule has 1 aliphatic carbocycles. The summed E-state index contributed by atoms with van der Waals surface area (Å²) in [6.45, 7) is 5.44. The zero-order chi connectivity index (χ0) is 11.5. The van der Waals surface area contributed by atoms with Gasteiger partial charge in [-0.2, -0.15) is 0 Å². The third kappa shape index (κ3) is 2.79. The number of rotatable bonds is 3. The van der Waals surface area contributed by atoms with Crippen LogP contribution in [-0.4, -0.2) is 6.54 Å². The normalized spacial score (nSPS) is 16.7. The van der Waals surface area contributed by atoms with Gasteiger partial charge >= 0.3 is 0 Å². The van der Waals surface area contributed by atoms with E-state index in [1.54, 1.807) is 0 Å². The highest BCUT2D eigenvalue weighted by Crippen LogP contribution is 2.27. The molecule has 88 valence electrons. The Balaban J connectivity index is 1.98. The minimum absolute atomic E-state index is 0.893. The van der Waals surface area contributed by atoms with Crippen molar-refractivity contribution in [3.63, 3.8) is 0 Å². The molecule has 0 heterocycles. The molecular weight excluding hydrogens is 262 g/mol. The lowest BCUT2D eigenvalue weighted by Gasteiger charge is -2.14. The molecule has 0 spiro atoms. The molecule has 0 atom stereocenters. The van der Waals surface area contributed by atoms with Crippen molar-refractivity contribution < 1.29 is 0 Å². The molecule has 1 fully saturated rings. The van der Waals surface area contributed by atoms with Crippen molar-refractivity contribution in [3.8, 4) is 0 Å². The average Bonchev–Trinajstić information content (AvgIpc) is 2.75. The van der Waals surface area contributed by atoms with Crippen LogP contribution in [0.25, 0.3) is 0 Å². The first-order chi connectivity index (χ1) is 7.66. The molecule has 0 amide bonds. The van der Waals surface area contributed by atoms with E-state index < -0.39 is 0 Å².